The van der Waals surface area contributed by atoms with Gasteiger partial charge in [-0.1, -0.05) is 89.9 Å². The Labute approximate surface area is 222 Å². The molecule has 0 saturated carbocycles. The van der Waals surface area contributed by atoms with Gasteiger partial charge in [-0.2, -0.15) is 0 Å². The zero-order valence-corrected chi connectivity index (χ0v) is 21.5. The van der Waals surface area contributed by atoms with Gasteiger partial charge in [-0.3, -0.25) is 0 Å². The molecular formula is C31H27Cl2NO2. The van der Waals surface area contributed by atoms with Crippen LogP contribution in [0.5, 0.6) is 5.75 Å². The van der Waals surface area contributed by atoms with Crippen LogP contribution in [0.4, 0.5) is 5.69 Å². The first-order valence-corrected chi connectivity index (χ1v) is 12.9. The van der Waals surface area contributed by atoms with E-state index >= 15 is 0 Å². The standard InChI is InChI=1S/C31H27Cl2NO2/c1-35-24-13-15-28-26(17-24)31(18-29(34-28)25-14-12-23(32)16-27(25)33)19-30(20-36-31,21-8-4-2-5-9-21)22-10-6-3-7-11-22/h2-17,29,34H,18-20H2,1H3/t29?,31-/m1/s1. The molecule has 0 amide bonds. The highest BCUT2D eigenvalue weighted by Gasteiger charge is 2.55. The molecule has 2 atom stereocenters. The van der Waals surface area contributed by atoms with Crippen LogP contribution in [0.25, 0.3) is 0 Å². The molecule has 4 aromatic rings. The van der Waals surface area contributed by atoms with Gasteiger partial charge in [0.25, 0.3) is 0 Å². The van der Waals surface area contributed by atoms with E-state index in [9.17, 15) is 0 Å². The third-order valence-corrected chi connectivity index (χ3v) is 8.32. The summed E-state index contributed by atoms with van der Waals surface area (Å²) in [6.07, 6.45) is 1.54. The lowest BCUT2D eigenvalue weighted by Gasteiger charge is -2.42. The first-order valence-electron chi connectivity index (χ1n) is 12.2. The maximum absolute atomic E-state index is 6.98. The fourth-order valence-electron chi connectivity index (χ4n) is 6.01. The van der Waals surface area contributed by atoms with Crippen LogP contribution in [0.15, 0.2) is 97.1 Å². The van der Waals surface area contributed by atoms with Crippen LogP contribution in [-0.4, -0.2) is 13.7 Å². The second-order valence-corrected chi connectivity index (χ2v) is 10.6. The summed E-state index contributed by atoms with van der Waals surface area (Å²) in [6.45, 7) is 0.582. The molecular weight excluding hydrogens is 489 g/mol. The molecule has 36 heavy (non-hydrogen) atoms. The SMILES string of the molecule is COc1ccc2c(c1)[C@@]1(CC(c3ccc(Cl)cc3Cl)N2)CC(c2ccccc2)(c2ccccc2)CO1. The van der Waals surface area contributed by atoms with Gasteiger partial charge in [0, 0.05) is 33.1 Å². The Kier molecular flexibility index (Phi) is 5.95. The normalized spacial score (nSPS) is 22.1. The van der Waals surface area contributed by atoms with Crippen LogP contribution >= 0.6 is 23.2 Å². The van der Waals surface area contributed by atoms with Crippen molar-refractivity contribution in [2.24, 2.45) is 0 Å². The van der Waals surface area contributed by atoms with Crippen molar-refractivity contribution in [2.45, 2.75) is 29.9 Å². The summed E-state index contributed by atoms with van der Waals surface area (Å²) in [7, 11) is 1.70. The fourth-order valence-corrected chi connectivity index (χ4v) is 6.55. The number of anilines is 1. The number of ether oxygens (including phenoxy) is 2. The largest absolute Gasteiger partial charge is 0.497 e. The number of rotatable bonds is 4. The average Bonchev–Trinajstić information content (AvgIpc) is 3.30. The van der Waals surface area contributed by atoms with E-state index in [1.54, 1.807) is 7.11 Å². The summed E-state index contributed by atoms with van der Waals surface area (Å²) in [4.78, 5) is 0. The Balaban J connectivity index is 1.51. The quantitative estimate of drug-likeness (QED) is 0.297. The molecule has 1 fully saturated rings. The van der Waals surface area contributed by atoms with Crippen molar-refractivity contribution in [3.63, 3.8) is 0 Å². The Morgan fingerprint density at radius 3 is 2.19 bits per heavy atom. The summed E-state index contributed by atoms with van der Waals surface area (Å²) in [5.41, 5.74) is 4.88. The number of nitrogens with one attached hydrogen (secondary N) is 1. The minimum atomic E-state index is -0.533. The zero-order chi connectivity index (χ0) is 24.8. The van der Waals surface area contributed by atoms with E-state index in [4.69, 9.17) is 32.7 Å². The van der Waals surface area contributed by atoms with Crippen LogP contribution in [-0.2, 0) is 15.8 Å². The highest BCUT2D eigenvalue weighted by molar-refractivity contribution is 6.35. The molecule has 1 N–H and O–H groups in total. The number of hydrogen-bond acceptors (Lipinski definition) is 3. The Hall–Kier alpha value is -2.98. The molecule has 1 spiro atoms. The van der Waals surface area contributed by atoms with Crippen LogP contribution < -0.4 is 10.1 Å². The molecule has 1 saturated heterocycles. The molecule has 0 aromatic heterocycles. The minimum absolute atomic E-state index is 0.0296. The van der Waals surface area contributed by atoms with E-state index in [0.717, 1.165) is 35.4 Å². The van der Waals surface area contributed by atoms with Crippen molar-refractivity contribution in [3.8, 4) is 5.75 Å². The Morgan fingerprint density at radius 2 is 1.56 bits per heavy atom. The maximum atomic E-state index is 6.98. The summed E-state index contributed by atoms with van der Waals surface area (Å²) < 4.78 is 12.6. The average molecular weight is 516 g/mol. The van der Waals surface area contributed by atoms with Crippen molar-refractivity contribution < 1.29 is 9.47 Å². The minimum Gasteiger partial charge on any atom is -0.497 e. The van der Waals surface area contributed by atoms with Crippen LogP contribution in [0.3, 0.4) is 0 Å². The Morgan fingerprint density at radius 1 is 0.861 bits per heavy atom. The smallest absolute Gasteiger partial charge is 0.119 e. The summed E-state index contributed by atoms with van der Waals surface area (Å²) in [5, 5.41) is 5.00. The highest BCUT2D eigenvalue weighted by atomic mass is 35.5. The van der Waals surface area contributed by atoms with Crippen molar-refractivity contribution in [2.75, 3.05) is 19.0 Å². The highest BCUT2D eigenvalue weighted by Crippen LogP contribution is 2.58. The van der Waals surface area contributed by atoms with E-state index < -0.39 is 5.60 Å². The second kappa shape index (κ2) is 9.15. The fraction of sp³-hybridized carbons (Fsp3) is 0.226. The number of halogens is 2. The van der Waals surface area contributed by atoms with Gasteiger partial charge in [0.05, 0.1) is 25.4 Å². The van der Waals surface area contributed by atoms with E-state index in [-0.39, 0.29) is 11.5 Å². The van der Waals surface area contributed by atoms with E-state index in [1.165, 1.54) is 11.1 Å². The molecule has 0 aliphatic carbocycles. The van der Waals surface area contributed by atoms with Crippen LogP contribution in [0.1, 0.15) is 41.1 Å². The van der Waals surface area contributed by atoms with Crippen LogP contribution in [0, 0.1) is 0 Å². The van der Waals surface area contributed by atoms with Crippen molar-refractivity contribution >= 4 is 28.9 Å². The van der Waals surface area contributed by atoms with Crippen molar-refractivity contribution in [1.29, 1.82) is 0 Å². The predicted molar refractivity (Wildman–Crippen MR) is 146 cm³/mol. The number of hydrogen-bond donors (Lipinski definition) is 1. The van der Waals surface area contributed by atoms with Crippen LogP contribution in [0.2, 0.25) is 10.0 Å². The monoisotopic (exact) mass is 515 g/mol. The molecule has 182 valence electrons. The van der Waals surface area contributed by atoms with Gasteiger partial charge in [0.1, 0.15) is 5.75 Å². The van der Waals surface area contributed by atoms with E-state index in [0.29, 0.717) is 16.7 Å². The van der Waals surface area contributed by atoms with Gasteiger partial charge in [0.15, 0.2) is 0 Å². The van der Waals surface area contributed by atoms with Gasteiger partial charge < -0.3 is 14.8 Å². The zero-order valence-electron chi connectivity index (χ0n) is 20.0. The summed E-state index contributed by atoms with van der Waals surface area (Å²) in [5.74, 6) is 0.818. The second-order valence-electron chi connectivity index (χ2n) is 9.75. The topological polar surface area (TPSA) is 30.5 Å². The van der Waals surface area contributed by atoms with Crippen molar-refractivity contribution in [3.05, 3.63) is 129 Å². The molecule has 6 rings (SSSR count). The first-order chi connectivity index (χ1) is 17.5. The van der Waals surface area contributed by atoms with Gasteiger partial charge in [-0.25, -0.2) is 0 Å². The molecule has 3 nitrogen and oxygen atoms in total. The van der Waals surface area contributed by atoms with Gasteiger partial charge in [-0.15, -0.1) is 0 Å². The van der Waals surface area contributed by atoms with Gasteiger partial charge >= 0.3 is 0 Å². The lowest BCUT2D eigenvalue weighted by molar-refractivity contribution is -0.0149. The Bertz CT molecular complexity index is 1350. The van der Waals surface area contributed by atoms with Gasteiger partial charge in [-0.05, 0) is 53.4 Å². The summed E-state index contributed by atoms with van der Waals surface area (Å²) >= 11 is 12.9. The first kappa shape index (κ1) is 23.4. The van der Waals surface area contributed by atoms with Crippen molar-refractivity contribution in [1.82, 2.24) is 0 Å². The number of methoxy groups -OCH3 is 1. The van der Waals surface area contributed by atoms with E-state index in [1.807, 2.05) is 24.3 Å². The number of benzene rings is 4. The molecule has 5 heteroatoms. The third-order valence-electron chi connectivity index (χ3n) is 7.75. The summed E-state index contributed by atoms with van der Waals surface area (Å²) in [6, 6.07) is 33.3. The lowest BCUT2D eigenvalue weighted by Crippen LogP contribution is -2.37. The van der Waals surface area contributed by atoms with E-state index in [2.05, 4.69) is 78.1 Å². The molecule has 2 aliphatic heterocycles. The molecule has 1 unspecified atom stereocenters. The molecule has 2 heterocycles. The third kappa shape index (κ3) is 3.87. The molecule has 0 radical (unpaired) electrons. The lowest BCUT2D eigenvalue weighted by atomic mass is 9.67. The maximum Gasteiger partial charge on any atom is 0.119 e. The molecule has 4 aromatic carbocycles. The molecule has 0 bridgehead atoms. The molecule has 2 aliphatic rings. The number of fused-ring (bicyclic) bond motifs is 2. The van der Waals surface area contributed by atoms with Gasteiger partial charge in [0.2, 0.25) is 0 Å². The predicted octanol–water partition coefficient (Wildman–Crippen LogP) is 8.16.